The van der Waals surface area contributed by atoms with Crippen LogP contribution in [0.2, 0.25) is 0 Å². The fourth-order valence-electron chi connectivity index (χ4n) is 2.60. The molecule has 0 bridgehead atoms. The Morgan fingerprint density at radius 3 is 2.75 bits per heavy atom. The summed E-state index contributed by atoms with van der Waals surface area (Å²) in [6.45, 7) is 0.158. The Hall–Kier alpha value is -1.98. The van der Waals surface area contributed by atoms with E-state index in [9.17, 15) is 18.4 Å². The number of benzene rings is 1. The van der Waals surface area contributed by atoms with Gasteiger partial charge in [-0.25, -0.2) is 8.78 Å². The van der Waals surface area contributed by atoms with Gasteiger partial charge in [-0.15, -0.1) is 0 Å². The molecule has 1 aromatic rings. The maximum absolute atomic E-state index is 13.4. The molecule has 1 saturated carbocycles. The number of hydrogen-bond donors (Lipinski definition) is 2. The van der Waals surface area contributed by atoms with Crippen molar-refractivity contribution in [2.75, 3.05) is 6.54 Å². The molecule has 1 fully saturated rings. The average Bonchev–Trinajstić information content (AvgIpc) is 2.87. The Balaban J connectivity index is 1.99. The summed E-state index contributed by atoms with van der Waals surface area (Å²) < 4.78 is 26.4. The van der Waals surface area contributed by atoms with E-state index in [0.29, 0.717) is 12.8 Å². The van der Waals surface area contributed by atoms with Crippen LogP contribution < -0.4 is 5.32 Å². The third-order valence-electron chi connectivity index (χ3n) is 3.70. The molecule has 2 atom stereocenters. The molecular weight excluding hydrogens is 268 g/mol. The zero-order valence-corrected chi connectivity index (χ0v) is 10.7. The van der Waals surface area contributed by atoms with Crippen molar-refractivity contribution in [1.29, 1.82) is 0 Å². The third-order valence-corrected chi connectivity index (χ3v) is 3.70. The van der Waals surface area contributed by atoms with Gasteiger partial charge in [0.1, 0.15) is 0 Å². The molecule has 1 aromatic carbocycles. The monoisotopic (exact) mass is 283 g/mol. The van der Waals surface area contributed by atoms with E-state index in [4.69, 9.17) is 5.11 Å². The SMILES string of the molecule is O=C(NCC1CCCC1C(=O)O)c1cccc(F)c1F. The number of hydrogen-bond acceptors (Lipinski definition) is 2. The summed E-state index contributed by atoms with van der Waals surface area (Å²) in [5.74, 6) is -4.51. The largest absolute Gasteiger partial charge is 0.481 e. The number of carboxylic acid groups (broad SMARTS) is 1. The number of nitrogens with one attached hydrogen (secondary N) is 1. The number of carbonyl (C=O) groups is 2. The topological polar surface area (TPSA) is 66.4 Å². The maximum atomic E-state index is 13.4. The van der Waals surface area contributed by atoms with Crippen LogP contribution in [0.5, 0.6) is 0 Å². The van der Waals surface area contributed by atoms with E-state index >= 15 is 0 Å². The van der Waals surface area contributed by atoms with E-state index < -0.39 is 29.4 Å². The van der Waals surface area contributed by atoms with Crippen LogP contribution in [0, 0.1) is 23.5 Å². The van der Waals surface area contributed by atoms with Crippen molar-refractivity contribution in [3.8, 4) is 0 Å². The number of aliphatic carboxylic acids is 1. The Labute approximate surface area is 114 Å². The van der Waals surface area contributed by atoms with Crippen molar-refractivity contribution in [3.05, 3.63) is 35.4 Å². The molecule has 6 heteroatoms. The lowest BCUT2D eigenvalue weighted by Crippen LogP contribution is -2.33. The molecule has 0 spiro atoms. The lowest BCUT2D eigenvalue weighted by molar-refractivity contribution is -0.142. The van der Waals surface area contributed by atoms with E-state index in [2.05, 4.69) is 5.32 Å². The third kappa shape index (κ3) is 2.95. The molecule has 1 aliphatic rings. The summed E-state index contributed by atoms with van der Waals surface area (Å²) in [4.78, 5) is 22.8. The second-order valence-electron chi connectivity index (χ2n) is 4.95. The minimum atomic E-state index is -1.19. The van der Waals surface area contributed by atoms with E-state index in [1.54, 1.807) is 0 Å². The molecular formula is C14H15F2NO3. The summed E-state index contributed by atoms with van der Waals surface area (Å²) in [7, 11) is 0. The van der Waals surface area contributed by atoms with Crippen molar-refractivity contribution in [1.82, 2.24) is 5.32 Å². The van der Waals surface area contributed by atoms with Crippen LogP contribution in [0.15, 0.2) is 18.2 Å². The first-order valence-electron chi connectivity index (χ1n) is 6.45. The predicted molar refractivity (Wildman–Crippen MR) is 67.2 cm³/mol. The molecule has 2 N–H and O–H groups in total. The molecule has 1 amide bonds. The first-order chi connectivity index (χ1) is 9.50. The Bertz CT molecular complexity index is 533. The van der Waals surface area contributed by atoms with Gasteiger partial charge in [-0.1, -0.05) is 12.5 Å². The number of halogens is 2. The zero-order chi connectivity index (χ0) is 14.7. The first kappa shape index (κ1) is 14.4. The summed E-state index contributed by atoms with van der Waals surface area (Å²) >= 11 is 0. The van der Waals surface area contributed by atoms with Gasteiger partial charge >= 0.3 is 5.97 Å². The summed E-state index contributed by atoms with van der Waals surface area (Å²) in [6.07, 6.45) is 2.10. The quantitative estimate of drug-likeness (QED) is 0.890. The van der Waals surface area contributed by atoms with Gasteiger partial charge in [-0.05, 0) is 30.9 Å². The average molecular weight is 283 g/mol. The molecule has 0 heterocycles. The van der Waals surface area contributed by atoms with Crippen LogP contribution in [0.3, 0.4) is 0 Å². The highest BCUT2D eigenvalue weighted by molar-refractivity contribution is 5.94. The van der Waals surface area contributed by atoms with Gasteiger partial charge in [0.15, 0.2) is 11.6 Å². The van der Waals surface area contributed by atoms with E-state index in [1.807, 2.05) is 0 Å². The molecule has 2 unspecified atom stereocenters. The number of rotatable bonds is 4. The summed E-state index contributed by atoms with van der Waals surface area (Å²) in [5.41, 5.74) is -0.366. The van der Waals surface area contributed by atoms with E-state index in [0.717, 1.165) is 12.5 Å². The van der Waals surface area contributed by atoms with Gasteiger partial charge < -0.3 is 10.4 Å². The lowest BCUT2D eigenvalue weighted by Gasteiger charge is -2.16. The summed E-state index contributed by atoms with van der Waals surface area (Å²) in [6, 6.07) is 3.38. The van der Waals surface area contributed by atoms with Gasteiger partial charge in [0.25, 0.3) is 5.91 Å². The Morgan fingerprint density at radius 2 is 2.05 bits per heavy atom. The fraction of sp³-hybridized carbons (Fsp3) is 0.429. The second kappa shape index (κ2) is 5.98. The molecule has 0 radical (unpaired) electrons. The molecule has 0 aromatic heterocycles. The highest BCUT2D eigenvalue weighted by Crippen LogP contribution is 2.31. The molecule has 2 rings (SSSR count). The predicted octanol–water partition coefficient (Wildman–Crippen LogP) is 2.20. The van der Waals surface area contributed by atoms with Crippen molar-refractivity contribution >= 4 is 11.9 Å². The van der Waals surface area contributed by atoms with Crippen molar-refractivity contribution < 1.29 is 23.5 Å². The van der Waals surface area contributed by atoms with Gasteiger partial charge in [-0.2, -0.15) is 0 Å². The smallest absolute Gasteiger partial charge is 0.306 e. The number of amides is 1. The number of carboxylic acids is 1. The van der Waals surface area contributed by atoms with Crippen LogP contribution in [0.25, 0.3) is 0 Å². The van der Waals surface area contributed by atoms with Crippen LogP contribution in [-0.2, 0) is 4.79 Å². The highest BCUT2D eigenvalue weighted by Gasteiger charge is 2.33. The van der Waals surface area contributed by atoms with Crippen molar-refractivity contribution in [2.24, 2.45) is 11.8 Å². The lowest BCUT2D eigenvalue weighted by atomic mass is 9.96. The minimum Gasteiger partial charge on any atom is -0.481 e. The Morgan fingerprint density at radius 1 is 1.30 bits per heavy atom. The van der Waals surface area contributed by atoms with Crippen LogP contribution in [-0.4, -0.2) is 23.5 Å². The van der Waals surface area contributed by atoms with Gasteiger partial charge in [0, 0.05) is 6.54 Å². The highest BCUT2D eigenvalue weighted by atomic mass is 19.2. The van der Waals surface area contributed by atoms with Crippen LogP contribution in [0.1, 0.15) is 29.6 Å². The summed E-state index contributed by atoms with van der Waals surface area (Å²) in [5, 5.41) is 11.5. The molecule has 20 heavy (non-hydrogen) atoms. The zero-order valence-electron chi connectivity index (χ0n) is 10.7. The van der Waals surface area contributed by atoms with E-state index in [1.165, 1.54) is 12.1 Å². The standard InChI is InChI=1S/C14H15F2NO3/c15-11-6-2-5-10(12(11)16)13(18)17-7-8-3-1-4-9(8)14(19)20/h2,5-6,8-9H,1,3-4,7H2,(H,17,18)(H,19,20). The number of carbonyl (C=O) groups excluding carboxylic acids is 1. The minimum absolute atomic E-state index is 0.158. The second-order valence-corrected chi connectivity index (χ2v) is 4.95. The van der Waals surface area contributed by atoms with Crippen LogP contribution >= 0.6 is 0 Å². The van der Waals surface area contributed by atoms with Crippen molar-refractivity contribution in [3.63, 3.8) is 0 Å². The molecule has 4 nitrogen and oxygen atoms in total. The normalized spacial score (nSPS) is 21.7. The van der Waals surface area contributed by atoms with Gasteiger partial charge in [0.2, 0.25) is 0 Å². The Kier molecular flexibility index (Phi) is 4.32. The van der Waals surface area contributed by atoms with Crippen molar-refractivity contribution in [2.45, 2.75) is 19.3 Å². The van der Waals surface area contributed by atoms with Gasteiger partial charge in [-0.3, -0.25) is 9.59 Å². The van der Waals surface area contributed by atoms with Gasteiger partial charge in [0.05, 0.1) is 11.5 Å². The molecule has 1 aliphatic carbocycles. The van der Waals surface area contributed by atoms with E-state index in [-0.39, 0.29) is 18.0 Å². The maximum Gasteiger partial charge on any atom is 0.306 e. The molecule has 108 valence electrons. The molecule has 0 saturated heterocycles. The van der Waals surface area contributed by atoms with Crippen LogP contribution in [0.4, 0.5) is 8.78 Å². The fourth-order valence-corrected chi connectivity index (χ4v) is 2.60. The molecule has 0 aliphatic heterocycles. The first-order valence-corrected chi connectivity index (χ1v) is 6.45.